The first-order chi connectivity index (χ1) is 18.1. The van der Waals surface area contributed by atoms with Crippen LogP contribution in [-0.4, -0.2) is 15.3 Å². The molecule has 3 heteroatoms. The van der Waals surface area contributed by atoms with E-state index in [0.29, 0.717) is 17.2 Å². The van der Waals surface area contributed by atoms with E-state index in [0.717, 1.165) is 29.5 Å². The highest BCUT2D eigenvalue weighted by Crippen LogP contribution is 2.49. The van der Waals surface area contributed by atoms with Gasteiger partial charge in [-0.05, 0) is 118 Å². The molecule has 0 bridgehead atoms. The fraction of sp³-hybridized carbons (Fsp3) is 0.514. The van der Waals surface area contributed by atoms with Gasteiger partial charge in [0.2, 0.25) is 0 Å². The molecule has 0 saturated carbocycles. The lowest BCUT2D eigenvalue weighted by Gasteiger charge is -2.41. The Labute approximate surface area is 243 Å². The Morgan fingerprint density at radius 1 is 0.475 bits per heavy atom. The zero-order chi connectivity index (χ0) is 30.6. The minimum Gasteiger partial charge on any atom is -0.508 e. The summed E-state index contributed by atoms with van der Waals surface area (Å²) in [4.78, 5) is 0. The zero-order valence-corrected chi connectivity index (χ0v) is 27.2. The third-order valence-corrected chi connectivity index (χ3v) is 8.73. The van der Waals surface area contributed by atoms with E-state index in [2.05, 4.69) is 87.4 Å². The van der Waals surface area contributed by atoms with Gasteiger partial charge in [-0.2, -0.15) is 0 Å². The predicted molar refractivity (Wildman–Crippen MR) is 169 cm³/mol. The highest BCUT2D eigenvalue weighted by atomic mass is 16.3. The van der Waals surface area contributed by atoms with Crippen LogP contribution in [0.4, 0.5) is 0 Å². The average Bonchev–Trinajstić information content (AvgIpc) is 2.80. The zero-order valence-electron chi connectivity index (χ0n) is 27.2. The van der Waals surface area contributed by atoms with Crippen LogP contribution in [0.2, 0.25) is 0 Å². The van der Waals surface area contributed by atoms with Crippen LogP contribution in [0.5, 0.6) is 17.2 Å². The minimum atomic E-state index is -0.427. The summed E-state index contributed by atoms with van der Waals surface area (Å²) in [6, 6.07) is 11.8. The lowest BCUT2D eigenvalue weighted by Crippen LogP contribution is -2.33. The van der Waals surface area contributed by atoms with Crippen LogP contribution in [0.1, 0.15) is 126 Å². The molecule has 0 fully saturated rings. The highest BCUT2D eigenvalue weighted by molar-refractivity contribution is 5.58. The number of rotatable bonds is 5. The van der Waals surface area contributed by atoms with Crippen molar-refractivity contribution in [2.75, 3.05) is 0 Å². The molecule has 0 amide bonds. The molecule has 3 aromatic rings. The van der Waals surface area contributed by atoms with Crippen molar-refractivity contribution in [3.63, 3.8) is 0 Å². The molecular formula is C37H52O3. The smallest absolute Gasteiger partial charge is 0.118 e. The lowest BCUT2D eigenvalue weighted by molar-refractivity contribution is 0.442. The number of aryl methyl sites for hydroxylation is 1. The fourth-order valence-corrected chi connectivity index (χ4v) is 7.06. The Kier molecular flexibility index (Phi) is 8.27. The van der Waals surface area contributed by atoms with Gasteiger partial charge in [-0.3, -0.25) is 0 Å². The van der Waals surface area contributed by atoms with E-state index >= 15 is 0 Å². The van der Waals surface area contributed by atoms with Crippen molar-refractivity contribution in [2.45, 2.75) is 125 Å². The molecule has 3 aromatic carbocycles. The van der Waals surface area contributed by atoms with E-state index in [4.69, 9.17) is 0 Å². The maximum absolute atomic E-state index is 10.8. The van der Waals surface area contributed by atoms with Crippen molar-refractivity contribution >= 4 is 0 Å². The molecule has 3 nitrogen and oxygen atoms in total. The molecule has 40 heavy (non-hydrogen) atoms. The molecule has 0 aliphatic heterocycles. The third-order valence-electron chi connectivity index (χ3n) is 8.73. The van der Waals surface area contributed by atoms with Crippen molar-refractivity contribution in [1.82, 2.24) is 0 Å². The van der Waals surface area contributed by atoms with E-state index in [9.17, 15) is 15.3 Å². The van der Waals surface area contributed by atoms with Crippen LogP contribution >= 0.6 is 0 Å². The van der Waals surface area contributed by atoms with E-state index < -0.39 is 5.41 Å². The molecule has 0 radical (unpaired) electrons. The van der Waals surface area contributed by atoms with Gasteiger partial charge in [-0.15, -0.1) is 0 Å². The van der Waals surface area contributed by atoms with Gasteiger partial charge >= 0.3 is 0 Å². The number of phenols is 3. The monoisotopic (exact) mass is 544 g/mol. The second kappa shape index (κ2) is 10.5. The number of phenolic OH excluding ortho intramolecular Hbond substituents is 3. The summed E-state index contributed by atoms with van der Waals surface area (Å²) in [6.45, 7) is 28.3. The standard InChI is InChI=1S/C37H52O3/c1-22-28(38)17-14-25(31(22)34(4,5)6)20-21-37(13,26-15-18-29(39)23(2)32(26)35(7,8)9)27-16-19-30(40)24(3)33(27)36(10,11)12/h14-19,38-40H,20-21H2,1-13H3. The van der Waals surface area contributed by atoms with Gasteiger partial charge in [-0.1, -0.05) is 87.4 Å². The van der Waals surface area contributed by atoms with Crippen LogP contribution in [-0.2, 0) is 28.1 Å². The molecule has 0 heterocycles. The summed E-state index contributed by atoms with van der Waals surface area (Å²) < 4.78 is 0. The van der Waals surface area contributed by atoms with Crippen molar-refractivity contribution in [2.24, 2.45) is 0 Å². The van der Waals surface area contributed by atoms with Gasteiger partial charge in [0.1, 0.15) is 17.2 Å². The summed E-state index contributed by atoms with van der Waals surface area (Å²) >= 11 is 0. The first kappa shape index (κ1) is 31.6. The maximum Gasteiger partial charge on any atom is 0.118 e. The first-order valence-electron chi connectivity index (χ1n) is 14.6. The lowest BCUT2D eigenvalue weighted by atomic mass is 9.63. The molecule has 0 aliphatic carbocycles. The molecule has 0 spiro atoms. The number of aromatic hydroxyl groups is 3. The SMILES string of the molecule is Cc1c(O)ccc(CCC(C)(c2ccc(O)c(C)c2C(C)(C)C)c2ccc(O)c(C)c2C(C)(C)C)c1C(C)(C)C. The van der Waals surface area contributed by atoms with Crippen molar-refractivity contribution in [3.05, 3.63) is 86.5 Å². The third kappa shape index (κ3) is 5.76. The maximum atomic E-state index is 10.8. The Balaban J connectivity index is 2.42. The van der Waals surface area contributed by atoms with Gasteiger partial charge < -0.3 is 15.3 Å². The molecule has 0 aliphatic rings. The summed E-state index contributed by atoms with van der Waals surface area (Å²) in [5.74, 6) is 0.973. The van der Waals surface area contributed by atoms with Crippen LogP contribution < -0.4 is 0 Å². The first-order valence-corrected chi connectivity index (χ1v) is 14.6. The quantitative estimate of drug-likeness (QED) is 0.300. The van der Waals surface area contributed by atoms with Gasteiger partial charge in [0.15, 0.2) is 0 Å². The predicted octanol–water partition coefficient (Wildman–Crippen LogP) is 9.56. The van der Waals surface area contributed by atoms with Crippen molar-refractivity contribution in [1.29, 1.82) is 0 Å². The second-order valence-corrected chi connectivity index (χ2v) is 15.1. The number of benzene rings is 3. The van der Waals surface area contributed by atoms with Crippen LogP contribution in [0.3, 0.4) is 0 Å². The molecule has 0 aromatic heterocycles. The van der Waals surface area contributed by atoms with Crippen LogP contribution in [0.15, 0.2) is 36.4 Å². The molecule has 3 rings (SSSR count). The van der Waals surface area contributed by atoms with Gasteiger partial charge in [0, 0.05) is 5.41 Å². The fourth-order valence-electron chi connectivity index (χ4n) is 7.06. The molecule has 0 unspecified atom stereocenters. The molecular weight excluding hydrogens is 492 g/mol. The molecule has 0 atom stereocenters. The summed E-state index contributed by atoms with van der Waals surface area (Å²) in [5.41, 5.74) is 9.03. The Hall–Kier alpha value is -2.94. The normalized spacial score (nSPS) is 13.1. The summed E-state index contributed by atoms with van der Waals surface area (Å²) in [6.07, 6.45) is 1.64. The summed E-state index contributed by atoms with van der Waals surface area (Å²) in [7, 11) is 0. The summed E-state index contributed by atoms with van der Waals surface area (Å²) in [5, 5.41) is 32.2. The van der Waals surface area contributed by atoms with E-state index in [1.54, 1.807) is 0 Å². The topological polar surface area (TPSA) is 60.7 Å². The van der Waals surface area contributed by atoms with E-state index in [-0.39, 0.29) is 16.2 Å². The molecule has 3 N–H and O–H groups in total. The van der Waals surface area contributed by atoms with E-state index in [1.807, 2.05) is 39.0 Å². The van der Waals surface area contributed by atoms with Gasteiger partial charge in [0.05, 0.1) is 0 Å². The van der Waals surface area contributed by atoms with Crippen LogP contribution in [0.25, 0.3) is 0 Å². The van der Waals surface area contributed by atoms with Crippen molar-refractivity contribution < 1.29 is 15.3 Å². The average molecular weight is 545 g/mol. The largest absolute Gasteiger partial charge is 0.508 e. The highest BCUT2D eigenvalue weighted by Gasteiger charge is 2.39. The second-order valence-electron chi connectivity index (χ2n) is 15.1. The molecule has 218 valence electrons. The van der Waals surface area contributed by atoms with E-state index in [1.165, 1.54) is 33.4 Å². The molecule has 0 saturated heterocycles. The van der Waals surface area contributed by atoms with Gasteiger partial charge in [-0.25, -0.2) is 0 Å². The van der Waals surface area contributed by atoms with Crippen molar-refractivity contribution in [3.8, 4) is 17.2 Å². The number of hydrogen-bond acceptors (Lipinski definition) is 3. The van der Waals surface area contributed by atoms with Crippen LogP contribution in [0, 0.1) is 20.8 Å². The Bertz CT molecular complexity index is 1340. The Morgan fingerprint density at radius 3 is 1.15 bits per heavy atom. The Morgan fingerprint density at radius 2 is 0.800 bits per heavy atom. The van der Waals surface area contributed by atoms with Gasteiger partial charge in [0.25, 0.3) is 0 Å². The number of hydrogen-bond donors (Lipinski definition) is 3. The minimum absolute atomic E-state index is 0.119.